The predicted octanol–water partition coefficient (Wildman–Crippen LogP) is 3.96. The third-order valence-corrected chi connectivity index (χ3v) is 7.33. The summed E-state index contributed by atoms with van der Waals surface area (Å²) in [7, 11) is 4.00. The highest BCUT2D eigenvalue weighted by atomic mass is 32.2. The molecule has 1 N–H and O–H groups in total. The number of nitrogens with one attached hydrogen (secondary N) is 1. The van der Waals surface area contributed by atoms with E-state index in [4.69, 9.17) is 4.74 Å². The van der Waals surface area contributed by atoms with Gasteiger partial charge in [0.05, 0.1) is 10.6 Å². The van der Waals surface area contributed by atoms with Crippen LogP contribution in [0.3, 0.4) is 0 Å². The minimum atomic E-state index is -0.114. The summed E-state index contributed by atoms with van der Waals surface area (Å²) >= 11 is 3.97. The third kappa shape index (κ3) is 6.19. The molecule has 6 heteroatoms. The highest BCUT2D eigenvalue weighted by molar-refractivity contribution is 8.19. The van der Waals surface area contributed by atoms with Crippen molar-refractivity contribution in [3.05, 3.63) is 65.7 Å². The average molecular weight is 403 g/mol. The van der Waals surface area contributed by atoms with Crippen molar-refractivity contribution in [3.8, 4) is 5.75 Å². The van der Waals surface area contributed by atoms with Crippen LogP contribution in [0.4, 0.5) is 0 Å². The molecule has 0 spiro atoms. The van der Waals surface area contributed by atoms with Gasteiger partial charge in [-0.3, -0.25) is 4.79 Å². The zero-order valence-electron chi connectivity index (χ0n) is 15.8. The van der Waals surface area contributed by atoms with E-state index in [1.54, 1.807) is 0 Å². The summed E-state index contributed by atoms with van der Waals surface area (Å²) in [5.41, 5.74) is 2.41. The van der Waals surface area contributed by atoms with Crippen molar-refractivity contribution in [1.82, 2.24) is 10.2 Å². The van der Waals surface area contributed by atoms with Crippen LogP contribution in [0.25, 0.3) is 0 Å². The lowest BCUT2D eigenvalue weighted by atomic mass is 10.1. The first-order valence-electron chi connectivity index (χ1n) is 9.07. The van der Waals surface area contributed by atoms with E-state index in [-0.39, 0.29) is 18.6 Å². The van der Waals surface area contributed by atoms with E-state index in [9.17, 15) is 4.79 Å². The van der Waals surface area contributed by atoms with Crippen LogP contribution in [-0.4, -0.2) is 49.6 Å². The number of carbonyl (C=O) groups is 1. The summed E-state index contributed by atoms with van der Waals surface area (Å²) < 4.78 is 6.22. The van der Waals surface area contributed by atoms with Crippen LogP contribution in [0.1, 0.15) is 21.8 Å². The number of hydrogen-bond acceptors (Lipinski definition) is 5. The fourth-order valence-electron chi connectivity index (χ4n) is 2.94. The summed E-state index contributed by atoms with van der Waals surface area (Å²) in [6, 6.07) is 18.1. The van der Waals surface area contributed by atoms with E-state index in [1.165, 1.54) is 17.1 Å². The Morgan fingerprint density at radius 2 is 1.78 bits per heavy atom. The van der Waals surface area contributed by atoms with Gasteiger partial charge < -0.3 is 15.0 Å². The second-order valence-electron chi connectivity index (χ2n) is 6.72. The monoisotopic (exact) mass is 402 g/mol. The molecule has 1 aliphatic rings. The van der Waals surface area contributed by atoms with Gasteiger partial charge in [-0.1, -0.05) is 42.5 Å². The van der Waals surface area contributed by atoms with E-state index >= 15 is 0 Å². The molecule has 1 amide bonds. The largest absolute Gasteiger partial charge is 0.484 e. The van der Waals surface area contributed by atoms with Gasteiger partial charge in [-0.25, -0.2) is 0 Å². The molecule has 1 heterocycles. The smallest absolute Gasteiger partial charge is 0.258 e. The SMILES string of the molecule is CN(C)C[C@@H](NC(=O)COc1ccc(C2SCCS2)cc1)c1ccccc1. The van der Waals surface area contributed by atoms with Gasteiger partial charge in [-0.2, -0.15) is 0 Å². The maximum Gasteiger partial charge on any atom is 0.258 e. The Kier molecular flexibility index (Phi) is 7.50. The van der Waals surface area contributed by atoms with Gasteiger partial charge in [0.15, 0.2) is 6.61 Å². The number of thioether (sulfide) groups is 2. The first-order valence-corrected chi connectivity index (χ1v) is 11.2. The van der Waals surface area contributed by atoms with Crippen molar-refractivity contribution in [1.29, 1.82) is 0 Å². The summed E-state index contributed by atoms with van der Waals surface area (Å²) in [6.07, 6.45) is 0. The van der Waals surface area contributed by atoms with Crippen LogP contribution in [0.2, 0.25) is 0 Å². The Hall–Kier alpha value is -1.63. The van der Waals surface area contributed by atoms with E-state index in [0.29, 0.717) is 4.58 Å². The van der Waals surface area contributed by atoms with Gasteiger partial charge in [0, 0.05) is 18.1 Å². The molecule has 144 valence electrons. The topological polar surface area (TPSA) is 41.6 Å². The minimum Gasteiger partial charge on any atom is -0.484 e. The minimum absolute atomic E-state index is 0.0169. The average Bonchev–Trinajstić information content (AvgIpc) is 3.21. The molecule has 2 aromatic rings. The van der Waals surface area contributed by atoms with Crippen molar-refractivity contribution >= 4 is 29.4 Å². The van der Waals surface area contributed by atoms with Crippen molar-refractivity contribution in [3.63, 3.8) is 0 Å². The lowest BCUT2D eigenvalue weighted by Crippen LogP contribution is -2.37. The molecule has 0 bridgehead atoms. The Labute approximate surface area is 170 Å². The summed E-state index contributed by atoms with van der Waals surface area (Å²) in [5.74, 6) is 3.04. The van der Waals surface area contributed by atoms with Crippen LogP contribution in [0.5, 0.6) is 5.75 Å². The quantitative estimate of drug-likeness (QED) is 0.724. The van der Waals surface area contributed by atoms with Gasteiger partial charge in [0.1, 0.15) is 5.75 Å². The van der Waals surface area contributed by atoms with E-state index in [0.717, 1.165) is 17.9 Å². The van der Waals surface area contributed by atoms with Crippen molar-refractivity contribution < 1.29 is 9.53 Å². The second-order valence-corrected chi connectivity index (χ2v) is 9.45. The van der Waals surface area contributed by atoms with E-state index in [2.05, 4.69) is 22.3 Å². The standard InChI is InChI=1S/C21H26N2O2S2/c1-23(2)14-19(16-6-4-3-5-7-16)22-20(24)15-25-18-10-8-17(9-11-18)21-26-12-13-27-21/h3-11,19,21H,12-15H2,1-2H3,(H,22,24)/t19-/m1/s1. The van der Waals surface area contributed by atoms with E-state index in [1.807, 2.05) is 80.1 Å². The first kappa shape index (κ1) is 20.1. The maximum atomic E-state index is 12.4. The Morgan fingerprint density at radius 1 is 1.11 bits per heavy atom. The van der Waals surface area contributed by atoms with Crippen LogP contribution >= 0.6 is 23.5 Å². The molecule has 1 atom stereocenters. The zero-order valence-corrected chi connectivity index (χ0v) is 17.4. The maximum absolute atomic E-state index is 12.4. The molecule has 2 aromatic carbocycles. The van der Waals surface area contributed by atoms with Crippen LogP contribution in [0.15, 0.2) is 54.6 Å². The lowest BCUT2D eigenvalue weighted by molar-refractivity contribution is -0.124. The zero-order chi connectivity index (χ0) is 19.1. The number of rotatable bonds is 8. The molecule has 0 unspecified atom stereocenters. The molecular formula is C21H26N2O2S2. The van der Waals surface area contributed by atoms with Gasteiger partial charge >= 0.3 is 0 Å². The van der Waals surface area contributed by atoms with Crippen LogP contribution in [0, 0.1) is 0 Å². The normalized spacial score (nSPS) is 15.7. The summed E-state index contributed by atoms with van der Waals surface area (Å²) in [6.45, 7) is 0.754. The first-order chi connectivity index (χ1) is 13.1. The van der Waals surface area contributed by atoms with Crippen LogP contribution < -0.4 is 10.1 Å². The number of benzene rings is 2. The summed E-state index contributed by atoms with van der Waals surface area (Å²) in [4.78, 5) is 14.5. The molecular weight excluding hydrogens is 376 g/mol. The molecule has 0 saturated carbocycles. The number of carbonyl (C=O) groups excluding carboxylic acids is 1. The summed E-state index contributed by atoms with van der Waals surface area (Å²) in [5, 5.41) is 3.08. The Morgan fingerprint density at radius 3 is 2.41 bits per heavy atom. The van der Waals surface area contributed by atoms with Crippen molar-refractivity contribution in [2.45, 2.75) is 10.6 Å². The molecule has 1 aliphatic heterocycles. The molecule has 27 heavy (non-hydrogen) atoms. The number of amides is 1. The van der Waals surface area contributed by atoms with Crippen molar-refractivity contribution in [2.75, 3.05) is 38.8 Å². The lowest BCUT2D eigenvalue weighted by Gasteiger charge is -2.23. The fourth-order valence-corrected chi connectivity index (χ4v) is 5.80. The number of likely N-dealkylation sites (N-methyl/N-ethyl adjacent to an activating group) is 1. The second kappa shape index (κ2) is 10.1. The predicted molar refractivity (Wildman–Crippen MR) is 115 cm³/mol. The highest BCUT2D eigenvalue weighted by Gasteiger charge is 2.18. The molecule has 4 nitrogen and oxygen atoms in total. The van der Waals surface area contributed by atoms with Crippen LogP contribution in [-0.2, 0) is 4.79 Å². The van der Waals surface area contributed by atoms with Gasteiger partial charge in [0.25, 0.3) is 5.91 Å². The molecule has 0 aromatic heterocycles. The molecule has 0 aliphatic carbocycles. The van der Waals surface area contributed by atoms with E-state index < -0.39 is 0 Å². The molecule has 1 fully saturated rings. The number of hydrogen-bond donors (Lipinski definition) is 1. The third-order valence-electron chi connectivity index (χ3n) is 4.23. The van der Waals surface area contributed by atoms with Crippen molar-refractivity contribution in [2.24, 2.45) is 0 Å². The Bertz CT molecular complexity index is 717. The number of ether oxygens (including phenoxy) is 1. The fraction of sp³-hybridized carbons (Fsp3) is 0.381. The Balaban J connectivity index is 1.53. The molecule has 0 radical (unpaired) electrons. The van der Waals surface area contributed by atoms with Gasteiger partial charge in [-0.05, 0) is 37.4 Å². The molecule has 1 saturated heterocycles. The van der Waals surface area contributed by atoms with Gasteiger partial charge in [0.2, 0.25) is 0 Å². The molecule has 3 rings (SSSR count). The van der Waals surface area contributed by atoms with Gasteiger partial charge in [-0.15, -0.1) is 23.5 Å². The number of nitrogens with zero attached hydrogens (tertiary/aromatic N) is 1. The highest BCUT2D eigenvalue weighted by Crippen LogP contribution is 2.45.